The molecule has 2 saturated carbocycles. The van der Waals surface area contributed by atoms with Gasteiger partial charge in [-0.05, 0) is 37.5 Å². The van der Waals surface area contributed by atoms with E-state index in [0.717, 1.165) is 18.2 Å². The fourth-order valence-corrected chi connectivity index (χ4v) is 3.23. The van der Waals surface area contributed by atoms with Crippen molar-refractivity contribution in [2.45, 2.75) is 57.4 Å². The van der Waals surface area contributed by atoms with Crippen LogP contribution in [0.3, 0.4) is 0 Å². The summed E-state index contributed by atoms with van der Waals surface area (Å²) < 4.78 is 1.82. The molecular formula is C14H24N4. The largest absolute Gasteiger partial charge is 0.313 e. The minimum Gasteiger partial charge on any atom is -0.313 e. The molecule has 1 aromatic heterocycles. The Kier molecular flexibility index (Phi) is 3.37. The summed E-state index contributed by atoms with van der Waals surface area (Å²) in [5, 5.41) is 12.1. The Labute approximate surface area is 109 Å². The van der Waals surface area contributed by atoms with Crippen molar-refractivity contribution in [3.63, 3.8) is 0 Å². The van der Waals surface area contributed by atoms with Gasteiger partial charge in [-0.3, -0.25) is 4.68 Å². The lowest BCUT2D eigenvalue weighted by Gasteiger charge is -2.37. The Hall–Kier alpha value is -0.900. The Balaban J connectivity index is 1.66. The van der Waals surface area contributed by atoms with Crippen LogP contribution in [0, 0.1) is 5.41 Å². The fourth-order valence-electron chi connectivity index (χ4n) is 3.23. The molecule has 2 aliphatic rings. The molecule has 2 fully saturated rings. The molecule has 0 aliphatic heterocycles. The van der Waals surface area contributed by atoms with E-state index in [0.29, 0.717) is 5.41 Å². The highest BCUT2D eigenvalue weighted by Crippen LogP contribution is 2.39. The maximum atomic E-state index is 4.28. The van der Waals surface area contributed by atoms with Crippen molar-refractivity contribution in [3.05, 3.63) is 11.9 Å². The van der Waals surface area contributed by atoms with E-state index in [2.05, 4.69) is 21.8 Å². The third-order valence-electron chi connectivity index (χ3n) is 4.46. The van der Waals surface area contributed by atoms with Gasteiger partial charge >= 0.3 is 0 Å². The van der Waals surface area contributed by atoms with E-state index in [1.165, 1.54) is 51.5 Å². The first-order valence-corrected chi connectivity index (χ1v) is 7.34. The van der Waals surface area contributed by atoms with Crippen molar-refractivity contribution in [2.24, 2.45) is 12.5 Å². The van der Waals surface area contributed by atoms with Gasteiger partial charge in [0.05, 0.1) is 5.69 Å². The number of aryl methyl sites for hydroxylation is 1. The summed E-state index contributed by atoms with van der Waals surface area (Å²) in [7, 11) is 1.95. The lowest BCUT2D eigenvalue weighted by Crippen LogP contribution is -2.39. The molecule has 100 valence electrons. The summed E-state index contributed by atoms with van der Waals surface area (Å²) in [6.07, 6.45) is 12.8. The number of aromatic nitrogens is 3. The Morgan fingerprint density at radius 3 is 2.72 bits per heavy atom. The molecule has 4 heteroatoms. The van der Waals surface area contributed by atoms with E-state index < -0.39 is 0 Å². The quantitative estimate of drug-likeness (QED) is 0.867. The summed E-state index contributed by atoms with van der Waals surface area (Å²) in [5.41, 5.74) is 1.61. The topological polar surface area (TPSA) is 42.7 Å². The van der Waals surface area contributed by atoms with Crippen LogP contribution < -0.4 is 5.32 Å². The standard InChI is InChI=1S/C14H24N4/c1-18-10-13(16-17-18)9-14(7-3-2-4-8-14)11-15-12-5-6-12/h10,12,15H,2-9,11H2,1H3. The lowest BCUT2D eigenvalue weighted by molar-refractivity contribution is 0.178. The molecule has 0 aromatic carbocycles. The maximum Gasteiger partial charge on any atom is 0.0833 e. The van der Waals surface area contributed by atoms with E-state index in [1.807, 2.05) is 11.7 Å². The maximum absolute atomic E-state index is 4.28. The smallest absolute Gasteiger partial charge is 0.0833 e. The van der Waals surface area contributed by atoms with Crippen molar-refractivity contribution in [2.75, 3.05) is 6.54 Å². The van der Waals surface area contributed by atoms with Gasteiger partial charge in [-0.25, -0.2) is 0 Å². The van der Waals surface area contributed by atoms with Gasteiger partial charge in [0.15, 0.2) is 0 Å². The minimum atomic E-state index is 0.441. The van der Waals surface area contributed by atoms with Crippen LogP contribution in [0.25, 0.3) is 0 Å². The summed E-state index contributed by atoms with van der Waals surface area (Å²) in [6.45, 7) is 1.17. The summed E-state index contributed by atoms with van der Waals surface area (Å²) >= 11 is 0. The summed E-state index contributed by atoms with van der Waals surface area (Å²) in [5.74, 6) is 0. The third-order valence-corrected chi connectivity index (χ3v) is 4.46. The molecule has 1 N–H and O–H groups in total. The van der Waals surface area contributed by atoms with E-state index in [9.17, 15) is 0 Å². The SMILES string of the molecule is Cn1cc(CC2(CNC3CC3)CCCCC2)nn1. The van der Waals surface area contributed by atoms with Crippen LogP contribution in [0.4, 0.5) is 0 Å². The van der Waals surface area contributed by atoms with Gasteiger partial charge < -0.3 is 5.32 Å². The zero-order chi connectivity index (χ0) is 12.4. The average Bonchev–Trinajstić information content (AvgIpc) is 3.12. The van der Waals surface area contributed by atoms with Crippen molar-refractivity contribution < 1.29 is 0 Å². The number of rotatable bonds is 5. The van der Waals surface area contributed by atoms with E-state index in [-0.39, 0.29) is 0 Å². The molecule has 0 spiro atoms. The van der Waals surface area contributed by atoms with Gasteiger partial charge in [-0.1, -0.05) is 24.5 Å². The van der Waals surface area contributed by atoms with Crippen molar-refractivity contribution in [1.82, 2.24) is 20.3 Å². The molecule has 2 aliphatic carbocycles. The molecule has 3 rings (SSSR count). The summed E-state index contributed by atoms with van der Waals surface area (Å²) in [4.78, 5) is 0. The average molecular weight is 248 g/mol. The molecule has 0 saturated heterocycles. The molecule has 18 heavy (non-hydrogen) atoms. The Morgan fingerprint density at radius 1 is 1.33 bits per heavy atom. The molecule has 4 nitrogen and oxygen atoms in total. The van der Waals surface area contributed by atoms with E-state index in [1.54, 1.807) is 0 Å². The Morgan fingerprint density at radius 2 is 2.11 bits per heavy atom. The monoisotopic (exact) mass is 248 g/mol. The van der Waals surface area contributed by atoms with Crippen molar-refractivity contribution >= 4 is 0 Å². The van der Waals surface area contributed by atoms with Crippen LogP contribution in [-0.4, -0.2) is 27.6 Å². The number of hydrogen-bond acceptors (Lipinski definition) is 3. The van der Waals surface area contributed by atoms with E-state index >= 15 is 0 Å². The zero-order valence-electron chi connectivity index (χ0n) is 11.4. The highest BCUT2D eigenvalue weighted by molar-refractivity contribution is 5.01. The van der Waals surface area contributed by atoms with Crippen LogP contribution in [-0.2, 0) is 13.5 Å². The fraction of sp³-hybridized carbons (Fsp3) is 0.857. The zero-order valence-corrected chi connectivity index (χ0v) is 11.4. The number of nitrogens with zero attached hydrogens (tertiary/aromatic N) is 3. The van der Waals surface area contributed by atoms with Crippen LogP contribution in [0.15, 0.2) is 6.20 Å². The van der Waals surface area contributed by atoms with Gasteiger partial charge in [0.2, 0.25) is 0 Å². The van der Waals surface area contributed by atoms with Gasteiger partial charge in [-0.15, -0.1) is 5.10 Å². The van der Waals surface area contributed by atoms with Gasteiger partial charge in [0.1, 0.15) is 0 Å². The van der Waals surface area contributed by atoms with Crippen LogP contribution >= 0.6 is 0 Å². The second kappa shape index (κ2) is 5.00. The molecule has 0 unspecified atom stereocenters. The highest BCUT2D eigenvalue weighted by atomic mass is 15.4. The van der Waals surface area contributed by atoms with Gasteiger partial charge in [0, 0.05) is 25.8 Å². The van der Waals surface area contributed by atoms with Gasteiger partial charge in [0.25, 0.3) is 0 Å². The van der Waals surface area contributed by atoms with E-state index in [4.69, 9.17) is 0 Å². The predicted molar refractivity (Wildman–Crippen MR) is 71.2 cm³/mol. The highest BCUT2D eigenvalue weighted by Gasteiger charge is 2.34. The molecular weight excluding hydrogens is 224 g/mol. The molecule has 1 aromatic rings. The predicted octanol–water partition coefficient (Wildman–Crippen LogP) is 2.06. The molecule has 0 bridgehead atoms. The van der Waals surface area contributed by atoms with Gasteiger partial charge in [-0.2, -0.15) is 0 Å². The van der Waals surface area contributed by atoms with Crippen molar-refractivity contribution in [1.29, 1.82) is 0 Å². The Bertz CT molecular complexity index is 388. The molecule has 1 heterocycles. The van der Waals surface area contributed by atoms with Crippen LogP contribution in [0.2, 0.25) is 0 Å². The molecule has 0 atom stereocenters. The third kappa shape index (κ3) is 2.91. The first-order valence-electron chi connectivity index (χ1n) is 7.34. The number of hydrogen-bond donors (Lipinski definition) is 1. The lowest BCUT2D eigenvalue weighted by atomic mass is 9.71. The molecule has 0 radical (unpaired) electrons. The summed E-state index contributed by atoms with van der Waals surface area (Å²) in [6, 6.07) is 0.811. The second-order valence-corrected chi connectivity index (χ2v) is 6.28. The normalized spacial score (nSPS) is 23.2. The van der Waals surface area contributed by atoms with Crippen LogP contribution in [0.1, 0.15) is 50.6 Å². The van der Waals surface area contributed by atoms with Crippen molar-refractivity contribution in [3.8, 4) is 0 Å². The van der Waals surface area contributed by atoms with Crippen LogP contribution in [0.5, 0.6) is 0 Å². The molecule has 0 amide bonds. The number of nitrogens with one attached hydrogen (secondary N) is 1. The first kappa shape index (κ1) is 12.2. The first-order chi connectivity index (χ1) is 8.76. The second-order valence-electron chi connectivity index (χ2n) is 6.28. The minimum absolute atomic E-state index is 0.441.